The van der Waals surface area contributed by atoms with Gasteiger partial charge in [0, 0.05) is 6.42 Å². The average molecular weight is 214 g/mol. The van der Waals surface area contributed by atoms with Crippen molar-refractivity contribution in [1.82, 2.24) is 0 Å². The highest BCUT2D eigenvalue weighted by atomic mass is 16.7. The lowest BCUT2D eigenvalue weighted by atomic mass is 9.97. The van der Waals surface area contributed by atoms with E-state index in [1.165, 1.54) is 6.08 Å². The standard InChI is InChI=1S/C11H18O4/c1-2-8-11(14,10(12)13)15-9-6-4-3-5-7-9/h2,9,14H,1,3-8H2,(H,12,13). The minimum absolute atomic E-state index is 0.0845. The molecule has 1 aliphatic rings. The smallest absolute Gasteiger partial charge is 0.364 e. The van der Waals surface area contributed by atoms with Crippen LogP contribution in [0.1, 0.15) is 38.5 Å². The van der Waals surface area contributed by atoms with E-state index in [9.17, 15) is 9.90 Å². The predicted molar refractivity (Wildman–Crippen MR) is 55.4 cm³/mol. The van der Waals surface area contributed by atoms with Crippen molar-refractivity contribution in [2.24, 2.45) is 0 Å². The largest absolute Gasteiger partial charge is 0.477 e. The number of hydrogen-bond donors (Lipinski definition) is 2. The first-order valence-corrected chi connectivity index (χ1v) is 5.33. The fourth-order valence-corrected chi connectivity index (χ4v) is 1.84. The second-order valence-corrected chi connectivity index (χ2v) is 3.96. The lowest BCUT2D eigenvalue weighted by Gasteiger charge is -2.30. The highest BCUT2D eigenvalue weighted by molar-refractivity contribution is 5.75. The van der Waals surface area contributed by atoms with Gasteiger partial charge < -0.3 is 14.9 Å². The molecule has 0 heterocycles. The fraction of sp³-hybridized carbons (Fsp3) is 0.727. The van der Waals surface area contributed by atoms with Crippen molar-refractivity contribution < 1.29 is 19.7 Å². The summed E-state index contributed by atoms with van der Waals surface area (Å²) >= 11 is 0. The van der Waals surface area contributed by atoms with E-state index in [2.05, 4.69) is 6.58 Å². The van der Waals surface area contributed by atoms with Gasteiger partial charge in [-0.1, -0.05) is 25.3 Å². The van der Waals surface area contributed by atoms with Gasteiger partial charge in [0.2, 0.25) is 0 Å². The summed E-state index contributed by atoms with van der Waals surface area (Å²) in [6, 6.07) is 0. The third-order valence-electron chi connectivity index (χ3n) is 2.67. The zero-order valence-electron chi connectivity index (χ0n) is 8.82. The summed E-state index contributed by atoms with van der Waals surface area (Å²) in [4.78, 5) is 10.9. The van der Waals surface area contributed by atoms with Gasteiger partial charge in [0.1, 0.15) is 0 Å². The molecule has 0 spiro atoms. The van der Waals surface area contributed by atoms with Crippen LogP contribution in [0.15, 0.2) is 12.7 Å². The molecule has 0 saturated heterocycles. The summed E-state index contributed by atoms with van der Waals surface area (Å²) in [7, 11) is 0. The summed E-state index contributed by atoms with van der Waals surface area (Å²) in [5.41, 5.74) is 0. The molecule has 1 rings (SSSR count). The summed E-state index contributed by atoms with van der Waals surface area (Å²) in [6.07, 6.45) is 6.02. The number of carboxylic acid groups (broad SMARTS) is 1. The maximum Gasteiger partial charge on any atom is 0.364 e. The van der Waals surface area contributed by atoms with Crippen LogP contribution in [-0.4, -0.2) is 28.1 Å². The highest BCUT2D eigenvalue weighted by Gasteiger charge is 2.38. The van der Waals surface area contributed by atoms with Gasteiger partial charge >= 0.3 is 5.97 Å². The Morgan fingerprint density at radius 1 is 1.47 bits per heavy atom. The van der Waals surface area contributed by atoms with Crippen LogP contribution >= 0.6 is 0 Å². The SMILES string of the molecule is C=CCC(O)(OC1CCCCC1)C(=O)O. The third-order valence-corrected chi connectivity index (χ3v) is 2.67. The fourth-order valence-electron chi connectivity index (χ4n) is 1.84. The molecule has 0 aromatic rings. The molecule has 0 amide bonds. The van der Waals surface area contributed by atoms with Crippen LogP contribution in [-0.2, 0) is 9.53 Å². The number of aliphatic carboxylic acids is 1. The molecule has 0 radical (unpaired) electrons. The van der Waals surface area contributed by atoms with Gasteiger partial charge in [-0.05, 0) is 12.8 Å². The first-order chi connectivity index (χ1) is 7.08. The topological polar surface area (TPSA) is 66.8 Å². The van der Waals surface area contributed by atoms with Crippen molar-refractivity contribution in [3.63, 3.8) is 0 Å². The molecule has 0 bridgehead atoms. The zero-order chi connectivity index (χ0) is 11.3. The van der Waals surface area contributed by atoms with E-state index < -0.39 is 11.8 Å². The van der Waals surface area contributed by atoms with E-state index in [0.717, 1.165) is 32.1 Å². The maximum atomic E-state index is 10.9. The third kappa shape index (κ3) is 3.32. The first-order valence-electron chi connectivity index (χ1n) is 5.33. The molecule has 1 fully saturated rings. The lowest BCUT2D eigenvalue weighted by Crippen LogP contribution is -2.44. The average Bonchev–Trinajstić information content (AvgIpc) is 2.19. The number of carboxylic acids is 1. The Hall–Kier alpha value is -0.870. The molecule has 0 aromatic heterocycles. The Labute approximate surface area is 89.6 Å². The van der Waals surface area contributed by atoms with Gasteiger partial charge in [-0.2, -0.15) is 0 Å². The van der Waals surface area contributed by atoms with Crippen LogP contribution in [0.4, 0.5) is 0 Å². The van der Waals surface area contributed by atoms with E-state index in [-0.39, 0.29) is 12.5 Å². The predicted octanol–water partition coefficient (Wildman–Crippen LogP) is 1.69. The Morgan fingerprint density at radius 3 is 2.53 bits per heavy atom. The lowest BCUT2D eigenvalue weighted by molar-refractivity contribution is -0.241. The van der Waals surface area contributed by atoms with Crippen LogP contribution < -0.4 is 0 Å². The van der Waals surface area contributed by atoms with Crippen LogP contribution in [0.2, 0.25) is 0 Å². The minimum Gasteiger partial charge on any atom is -0.477 e. The molecule has 1 aliphatic carbocycles. The second kappa shape index (κ2) is 5.28. The molecule has 1 unspecified atom stereocenters. The Bertz CT molecular complexity index is 233. The molecule has 4 heteroatoms. The molecule has 4 nitrogen and oxygen atoms in total. The molecule has 1 atom stereocenters. The summed E-state index contributed by atoms with van der Waals surface area (Å²) in [5, 5.41) is 18.6. The van der Waals surface area contributed by atoms with Crippen LogP contribution in [0, 0.1) is 0 Å². The Kier molecular flexibility index (Phi) is 4.29. The van der Waals surface area contributed by atoms with Crippen molar-refractivity contribution >= 4 is 5.97 Å². The monoisotopic (exact) mass is 214 g/mol. The van der Waals surface area contributed by atoms with Gasteiger partial charge in [0.15, 0.2) is 0 Å². The molecule has 0 aromatic carbocycles. The number of ether oxygens (including phenoxy) is 1. The molecule has 86 valence electrons. The quantitative estimate of drug-likeness (QED) is 0.540. The molecule has 2 N–H and O–H groups in total. The van der Waals surface area contributed by atoms with Crippen LogP contribution in [0.25, 0.3) is 0 Å². The van der Waals surface area contributed by atoms with Crippen molar-refractivity contribution in [2.45, 2.75) is 50.4 Å². The van der Waals surface area contributed by atoms with E-state index in [0.29, 0.717) is 0 Å². The van der Waals surface area contributed by atoms with E-state index in [1.807, 2.05) is 0 Å². The zero-order valence-corrected chi connectivity index (χ0v) is 8.82. The van der Waals surface area contributed by atoms with E-state index >= 15 is 0 Å². The van der Waals surface area contributed by atoms with Crippen LogP contribution in [0.5, 0.6) is 0 Å². The number of hydrogen-bond acceptors (Lipinski definition) is 3. The number of carbonyl (C=O) groups is 1. The van der Waals surface area contributed by atoms with E-state index in [4.69, 9.17) is 9.84 Å². The number of aliphatic hydroxyl groups is 1. The normalized spacial score (nSPS) is 21.9. The molecule has 1 saturated carbocycles. The van der Waals surface area contributed by atoms with Crippen molar-refractivity contribution in [2.75, 3.05) is 0 Å². The van der Waals surface area contributed by atoms with Gasteiger partial charge in [0.25, 0.3) is 5.79 Å². The Morgan fingerprint density at radius 2 is 2.07 bits per heavy atom. The van der Waals surface area contributed by atoms with Gasteiger partial charge in [-0.3, -0.25) is 0 Å². The number of rotatable bonds is 5. The van der Waals surface area contributed by atoms with Gasteiger partial charge in [-0.25, -0.2) is 4.79 Å². The summed E-state index contributed by atoms with van der Waals surface area (Å²) in [5.74, 6) is -3.43. The first kappa shape index (κ1) is 12.2. The maximum absolute atomic E-state index is 10.9. The van der Waals surface area contributed by atoms with Gasteiger partial charge in [-0.15, -0.1) is 6.58 Å². The summed E-state index contributed by atoms with van der Waals surface area (Å²) in [6.45, 7) is 3.42. The molecular formula is C11H18O4. The van der Waals surface area contributed by atoms with Crippen molar-refractivity contribution in [3.05, 3.63) is 12.7 Å². The second-order valence-electron chi connectivity index (χ2n) is 3.96. The minimum atomic E-state index is -2.09. The van der Waals surface area contributed by atoms with Crippen molar-refractivity contribution in [1.29, 1.82) is 0 Å². The van der Waals surface area contributed by atoms with Crippen LogP contribution in [0.3, 0.4) is 0 Å². The van der Waals surface area contributed by atoms with E-state index in [1.54, 1.807) is 0 Å². The molecule has 15 heavy (non-hydrogen) atoms. The molecule has 0 aliphatic heterocycles. The highest BCUT2D eigenvalue weighted by Crippen LogP contribution is 2.26. The van der Waals surface area contributed by atoms with Crippen molar-refractivity contribution in [3.8, 4) is 0 Å². The Balaban J connectivity index is 2.56. The molecular weight excluding hydrogens is 196 g/mol. The summed E-state index contributed by atoms with van der Waals surface area (Å²) < 4.78 is 5.27. The van der Waals surface area contributed by atoms with Gasteiger partial charge in [0.05, 0.1) is 6.10 Å².